The number of nitrogens with two attached hydrogens (primary N) is 1. The summed E-state index contributed by atoms with van der Waals surface area (Å²) in [6.07, 6.45) is -1.26. The second kappa shape index (κ2) is 8.33. The number of rotatable bonds is 6. The number of benzene rings is 2. The second-order valence-corrected chi connectivity index (χ2v) is 5.52. The molecule has 0 saturated heterocycles. The van der Waals surface area contributed by atoms with Crippen molar-refractivity contribution in [2.24, 2.45) is 5.73 Å². The molecule has 0 aliphatic heterocycles. The van der Waals surface area contributed by atoms with Crippen molar-refractivity contribution in [3.05, 3.63) is 77.4 Å². The maximum Gasteiger partial charge on any atom is 0.417 e. The lowest BCUT2D eigenvalue weighted by Crippen LogP contribution is -2.44. The maximum absolute atomic E-state index is 13.0. The number of alkyl halides is 3. The zero-order valence-electron chi connectivity index (χ0n) is 13.7. The molecule has 0 heterocycles. The smallest absolute Gasteiger partial charge is 0.368 e. The van der Waals surface area contributed by atoms with Crippen LogP contribution < -0.4 is 11.1 Å². The van der Waals surface area contributed by atoms with Crippen molar-refractivity contribution in [2.75, 3.05) is 0 Å². The fourth-order valence-electron chi connectivity index (χ4n) is 2.31. The first-order chi connectivity index (χ1) is 12.3. The minimum Gasteiger partial charge on any atom is -0.368 e. The van der Waals surface area contributed by atoms with Gasteiger partial charge in [0, 0.05) is 0 Å². The molecule has 0 aliphatic carbocycles. The van der Waals surface area contributed by atoms with E-state index in [2.05, 4.69) is 5.32 Å². The molecule has 0 aliphatic rings. The van der Waals surface area contributed by atoms with Gasteiger partial charge < -0.3 is 11.1 Å². The highest BCUT2D eigenvalue weighted by molar-refractivity contribution is 5.98. The highest BCUT2D eigenvalue weighted by atomic mass is 19.4. The number of halogens is 3. The van der Waals surface area contributed by atoms with Crippen LogP contribution in [0.1, 0.15) is 27.9 Å². The molecule has 1 atom stereocenters. The molecule has 0 spiro atoms. The molecule has 2 aromatic carbocycles. The Balaban J connectivity index is 2.12. The highest BCUT2D eigenvalue weighted by Gasteiger charge is 2.35. The maximum atomic E-state index is 13.0. The summed E-state index contributed by atoms with van der Waals surface area (Å²) in [4.78, 5) is 23.8. The number of carbonyl (C=O) groups excluding carboxylic acids is 2. The molecule has 2 aromatic rings. The van der Waals surface area contributed by atoms with E-state index in [1.807, 2.05) is 30.3 Å². The Morgan fingerprint density at radius 3 is 2.27 bits per heavy atom. The van der Waals surface area contributed by atoms with E-state index in [4.69, 9.17) is 5.73 Å². The topological polar surface area (TPSA) is 72.2 Å². The van der Waals surface area contributed by atoms with Gasteiger partial charge in [-0.05, 0) is 24.1 Å². The quantitative estimate of drug-likeness (QED) is 0.827. The van der Waals surface area contributed by atoms with E-state index in [0.29, 0.717) is 0 Å². The van der Waals surface area contributed by atoms with Gasteiger partial charge in [-0.2, -0.15) is 13.2 Å². The predicted molar refractivity (Wildman–Crippen MR) is 92.0 cm³/mol. The summed E-state index contributed by atoms with van der Waals surface area (Å²) in [6, 6.07) is 12.4. The molecule has 3 N–H and O–H groups in total. The Bertz CT molecular complexity index is 802. The Labute approximate surface area is 148 Å². The first kappa shape index (κ1) is 19.2. The van der Waals surface area contributed by atoms with E-state index in [0.717, 1.165) is 17.7 Å². The van der Waals surface area contributed by atoms with Crippen molar-refractivity contribution in [3.63, 3.8) is 0 Å². The standard InChI is InChI=1S/C19H17F3N2O2/c20-19(21,22)15-11-5-4-10-14(15)18(26)24-16(17(23)25)12-6-9-13-7-2-1-3-8-13/h1-11,16H,12H2,(H2,23,25)(H,24,26)/b9-6+/t16-/m0/s1. The van der Waals surface area contributed by atoms with E-state index in [1.165, 1.54) is 12.1 Å². The monoisotopic (exact) mass is 362 g/mol. The van der Waals surface area contributed by atoms with Crippen molar-refractivity contribution in [1.82, 2.24) is 5.32 Å². The van der Waals surface area contributed by atoms with Crippen molar-refractivity contribution in [2.45, 2.75) is 18.6 Å². The molecular weight excluding hydrogens is 345 g/mol. The molecule has 7 heteroatoms. The van der Waals surface area contributed by atoms with Crippen LogP contribution in [-0.2, 0) is 11.0 Å². The summed E-state index contributed by atoms with van der Waals surface area (Å²) in [5.74, 6) is -1.84. The zero-order valence-corrected chi connectivity index (χ0v) is 13.7. The van der Waals surface area contributed by atoms with Crippen LogP contribution in [0.15, 0.2) is 60.7 Å². The third kappa shape index (κ3) is 5.20. The number of amides is 2. The van der Waals surface area contributed by atoms with Crippen molar-refractivity contribution in [3.8, 4) is 0 Å². The van der Waals surface area contributed by atoms with Gasteiger partial charge in [-0.25, -0.2) is 0 Å². The first-order valence-corrected chi connectivity index (χ1v) is 7.77. The number of hydrogen-bond donors (Lipinski definition) is 2. The molecule has 0 unspecified atom stereocenters. The molecule has 0 saturated carbocycles. The van der Waals surface area contributed by atoms with E-state index in [-0.39, 0.29) is 6.42 Å². The number of hydrogen-bond acceptors (Lipinski definition) is 2. The van der Waals surface area contributed by atoms with Gasteiger partial charge in [0.15, 0.2) is 0 Å². The summed E-state index contributed by atoms with van der Waals surface area (Å²) in [5.41, 5.74) is 4.51. The van der Waals surface area contributed by atoms with E-state index < -0.39 is 35.2 Å². The van der Waals surface area contributed by atoms with Gasteiger partial charge in [0.25, 0.3) is 5.91 Å². The van der Waals surface area contributed by atoms with Crippen LogP contribution in [0.5, 0.6) is 0 Å². The van der Waals surface area contributed by atoms with Crippen LogP contribution >= 0.6 is 0 Å². The molecule has 4 nitrogen and oxygen atoms in total. The van der Waals surface area contributed by atoms with Crippen LogP contribution in [0.25, 0.3) is 6.08 Å². The molecule has 2 rings (SSSR count). The first-order valence-electron chi connectivity index (χ1n) is 7.77. The summed E-state index contributed by atoms with van der Waals surface area (Å²) >= 11 is 0. The van der Waals surface area contributed by atoms with E-state index in [1.54, 1.807) is 12.2 Å². The predicted octanol–water partition coefficient (Wildman–Crippen LogP) is 3.39. The molecule has 0 fully saturated rings. The Morgan fingerprint density at radius 2 is 1.65 bits per heavy atom. The number of primary amides is 1. The molecular formula is C19H17F3N2O2. The average molecular weight is 362 g/mol. The number of nitrogens with one attached hydrogen (secondary N) is 1. The van der Waals surface area contributed by atoms with Gasteiger partial charge in [0.05, 0.1) is 11.1 Å². The zero-order chi connectivity index (χ0) is 19.2. The molecule has 0 radical (unpaired) electrons. The van der Waals surface area contributed by atoms with Crippen molar-refractivity contribution < 1.29 is 22.8 Å². The Morgan fingerprint density at radius 1 is 1.04 bits per heavy atom. The lowest BCUT2D eigenvalue weighted by atomic mass is 10.1. The molecule has 136 valence electrons. The van der Waals surface area contributed by atoms with E-state index >= 15 is 0 Å². The largest absolute Gasteiger partial charge is 0.417 e. The molecule has 0 aromatic heterocycles. The van der Waals surface area contributed by atoms with Gasteiger partial charge in [-0.1, -0.05) is 54.6 Å². The molecule has 2 amide bonds. The minimum absolute atomic E-state index is 0.0597. The molecule has 0 bridgehead atoms. The van der Waals surface area contributed by atoms with Crippen molar-refractivity contribution >= 4 is 17.9 Å². The Kier molecular flexibility index (Phi) is 6.16. The fourth-order valence-corrected chi connectivity index (χ4v) is 2.31. The van der Waals surface area contributed by atoms with Crippen LogP contribution in [0, 0.1) is 0 Å². The van der Waals surface area contributed by atoms with Crippen LogP contribution in [0.4, 0.5) is 13.2 Å². The number of carbonyl (C=O) groups is 2. The van der Waals surface area contributed by atoms with Gasteiger partial charge in [0.1, 0.15) is 6.04 Å². The third-order valence-electron chi connectivity index (χ3n) is 3.61. The lowest BCUT2D eigenvalue weighted by Gasteiger charge is -2.16. The van der Waals surface area contributed by atoms with E-state index in [9.17, 15) is 22.8 Å². The van der Waals surface area contributed by atoms with Crippen LogP contribution in [0.3, 0.4) is 0 Å². The average Bonchev–Trinajstić information content (AvgIpc) is 2.60. The summed E-state index contributed by atoms with van der Waals surface area (Å²) in [5, 5.41) is 2.27. The van der Waals surface area contributed by atoms with Crippen LogP contribution in [0.2, 0.25) is 0 Å². The van der Waals surface area contributed by atoms with Crippen molar-refractivity contribution in [1.29, 1.82) is 0 Å². The minimum atomic E-state index is -4.68. The highest BCUT2D eigenvalue weighted by Crippen LogP contribution is 2.31. The second-order valence-electron chi connectivity index (χ2n) is 5.52. The summed E-state index contributed by atoms with van der Waals surface area (Å²) < 4.78 is 39.0. The van der Waals surface area contributed by atoms with Crippen LogP contribution in [-0.4, -0.2) is 17.9 Å². The fraction of sp³-hybridized carbons (Fsp3) is 0.158. The van der Waals surface area contributed by atoms with Gasteiger partial charge in [-0.3, -0.25) is 9.59 Å². The molecule has 26 heavy (non-hydrogen) atoms. The normalized spacial score (nSPS) is 12.7. The third-order valence-corrected chi connectivity index (χ3v) is 3.61. The lowest BCUT2D eigenvalue weighted by molar-refractivity contribution is -0.137. The Hall–Kier alpha value is -3.09. The van der Waals surface area contributed by atoms with Gasteiger partial charge >= 0.3 is 6.18 Å². The van der Waals surface area contributed by atoms with Gasteiger partial charge in [-0.15, -0.1) is 0 Å². The SMILES string of the molecule is NC(=O)[C@H](C/C=C/c1ccccc1)NC(=O)c1ccccc1C(F)(F)F. The van der Waals surface area contributed by atoms with Gasteiger partial charge in [0.2, 0.25) is 5.91 Å². The summed E-state index contributed by atoms with van der Waals surface area (Å²) in [6.45, 7) is 0. The summed E-state index contributed by atoms with van der Waals surface area (Å²) in [7, 11) is 0.